The Morgan fingerprint density at radius 3 is 2.40 bits per heavy atom. The first-order valence-electron chi connectivity index (χ1n) is 9.23. The normalized spacial score (nSPS) is 22.3. The van der Waals surface area contributed by atoms with Crippen LogP contribution in [0.15, 0.2) is 0 Å². The van der Waals surface area contributed by atoms with Crippen LogP contribution in [0.2, 0.25) is 0 Å². The molecule has 0 aliphatic carbocycles. The van der Waals surface area contributed by atoms with Gasteiger partial charge in [-0.3, -0.25) is 14.3 Å². The molecule has 7 nitrogen and oxygen atoms in total. The second kappa shape index (κ2) is 6.12. The van der Waals surface area contributed by atoms with Gasteiger partial charge in [0.25, 0.3) is 5.91 Å². The van der Waals surface area contributed by atoms with Crippen LogP contribution >= 0.6 is 0 Å². The summed E-state index contributed by atoms with van der Waals surface area (Å²) in [6, 6.07) is 0. The molecule has 3 aliphatic heterocycles. The lowest BCUT2D eigenvalue weighted by atomic mass is 9.83. The fourth-order valence-corrected chi connectivity index (χ4v) is 4.35. The highest BCUT2D eigenvalue weighted by molar-refractivity contribution is 5.94. The van der Waals surface area contributed by atoms with Crippen LogP contribution in [-0.4, -0.2) is 63.2 Å². The van der Waals surface area contributed by atoms with Crippen LogP contribution in [0.25, 0.3) is 0 Å². The number of hydrogen-bond acceptors (Lipinski definition) is 4. The standard InChI is InChI=1S/C18H26N4O3/c1-13(23)21-9-5-18(6-10-21)11-15-14(12-25-18)16(19-20(15)2)17(24)22-7-3-4-8-22/h3-12H2,1-2H3. The SMILES string of the molecule is CC(=O)N1CCC2(CC1)Cc1c(c(C(=O)N3CCCC3)nn1C)CO2. The maximum Gasteiger partial charge on any atom is 0.274 e. The first-order chi connectivity index (χ1) is 12.0. The van der Waals surface area contributed by atoms with Crippen LogP contribution in [0.4, 0.5) is 0 Å². The summed E-state index contributed by atoms with van der Waals surface area (Å²) in [6.07, 6.45) is 4.60. The molecule has 25 heavy (non-hydrogen) atoms. The van der Waals surface area contributed by atoms with Gasteiger partial charge in [0.1, 0.15) is 0 Å². The Morgan fingerprint density at radius 2 is 1.76 bits per heavy atom. The lowest BCUT2D eigenvalue weighted by molar-refractivity contribution is -0.139. The van der Waals surface area contributed by atoms with Gasteiger partial charge in [-0.05, 0) is 25.7 Å². The minimum Gasteiger partial charge on any atom is -0.370 e. The van der Waals surface area contributed by atoms with E-state index in [2.05, 4.69) is 5.10 Å². The van der Waals surface area contributed by atoms with Crippen molar-refractivity contribution in [2.75, 3.05) is 26.2 Å². The number of likely N-dealkylation sites (tertiary alicyclic amines) is 2. The van der Waals surface area contributed by atoms with Crippen molar-refractivity contribution >= 4 is 11.8 Å². The van der Waals surface area contributed by atoms with Crippen molar-refractivity contribution in [2.45, 2.75) is 51.2 Å². The van der Waals surface area contributed by atoms with E-state index in [-0.39, 0.29) is 17.4 Å². The number of piperidine rings is 1. The zero-order valence-corrected chi connectivity index (χ0v) is 15.1. The number of aryl methyl sites for hydroxylation is 1. The van der Waals surface area contributed by atoms with Gasteiger partial charge in [-0.2, -0.15) is 5.10 Å². The molecule has 0 N–H and O–H groups in total. The van der Waals surface area contributed by atoms with Crippen LogP contribution in [-0.2, 0) is 29.6 Å². The fraction of sp³-hybridized carbons (Fsp3) is 0.722. The Morgan fingerprint density at radius 1 is 1.08 bits per heavy atom. The van der Waals surface area contributed by atoms with Gasteiger partial charge in [-0.1, -0.05) is 0 Å². The van der Waals surface area contributed by atoms with Crippen LogP contribution in [0, 0.1) is 0 Å². The summed E-state index contributed by atoms with van der Waals surface area (Å²) in [7, 11) is 1.92. The van der Waals surface area contributed by atoms with E-state index < -0.39 is 0 Å². The van der Waals surface area contributed by atoms with E-state index in [1.807, 2.05) is 21.5 Å². The van der Waals surface area contributed by atoms with Crippen molar-refractivity contribution in [3.8, 4) is 0 Å². The molecular formula is C18H26N4O3. The second-order valence-corrected chi connectivity index (χ2v) is 7.55. The van der Waals surface area contributed by atoms with Gasteiger partial charge in [0.05, 0.1) is 12.2 Å². The Labute approximate surface area is 147 Å². The molecule has 0 unspecified atom stereocenters. The number of ether oxygens (including phenoxy) is 1. The molecule has 3 aliphatic rings. The number of fused-ring (bicyclic) bond motifs is 1. The maximum atomic E-state index is 12.8. The van der Waals surface area contributed by atoms with Gasteiger partial charge in [0.2, 0.25) is 5.91 Å². The minimum atomic E-state index is -0.222. The third kappa shape index (κ3) is 2.84. The molecule has 4 rings (SSSR count). The maximum absolute atomic E-state index is 12.8. The van der Waals surface area contributed by atoms with Gasteiger partial charge in [0.15, 0.2) is 5.69 Å². The number of aromatic nitrogens is 2. The van der Waals surface area contributed by atoms with Gasteiger partial charge in [-0.25, -0.2) is 0 Å². The highest BCUT2D eigenvalue weighted by atomic mass is 16.5. The predicted octanol–water partition coefficient (Wildman–Crippen LogP) is 1.11. The summed E-state index contributed by atoms with van der Waals surface area (Å²) in [5.41, 5.74) is 2.42. The lowest BCUT2D eigenvalue weighted by Crippen LogP contribution is -2.50. The zero-order valence-electron chi connectivity index (χ0n) is 15.1. The van der Waals surface area contributed by atoms with E-state index in [1.165, 1.54) is 0 Å². The summed E-state index contributed by atoms with van der Waals surface area (Å²) < 4.78 is 8.13. The summed E-state index contributed by atoms with van der Waals surface area (Å²) in [4.78, 5) is 28.1. The molecule has 0 radical (unpaired) electrons. The van der Waals surface area contributed by atoms with E-state index in [9.17, 15) is 9.59 Å². The Bertz CT molecular complexity index is 697. The van der Waals surface area contributed by atoms with E-state index in [4.69, 9.17) is 4.74 Å². The molecule has 1 aromatic heterocycles. The number of hydrogen-bond donors (Lipinski definition) is 0. The van der Waals surface area contributed by atoms with Crippen molar-refractivity contribution in [2.24, 2.45) is 7.05 Å². The molecule has 7 heteroatoms. The van der Waals surface area contributed by atoms with E-state index in [0.717, 1.165) is 69.5 Å². The first kappa shape index (κ1) is 16.6. The van der Waals surface area contributed by atoms with E-state index >= 15 is 0 Å². The number of amides is 2. The van der Waals surface area contributed by atoms with Gasteiger partial charge in [-0.15, -0.1) is 0 Å². The smallest absolute Gasteiger partial charge is 0.274 e. The van der Waals surface area contributed by atoms with Crippen LogP contribution < -0.4 is 0 Å². The highest BCUT2D eigenvalue weighted by Gasteiger charge is 2.42. The van der Waals surface area contributed by atoms with Crippen molar-refractivity contribution < 1.29 is 14.3 Å². The average molecular weight is 346 g/mol. The molecule has 0 saturated carbocycles. The molecule has 2 fully saturated rings. The Hall–Kier alpha value is -1.89. The minimum absolute atomic E-state index is 0.0419. The quantitative estimate of drug-likeness (QED) is 0.764. The summed E-state index contributed by atoms with van der Waals surface area (Å²) >= 11 is 0. The number of carbonyl (C=O) groups excluding carboxylic acids is 2. The molecule has 1 aromatic rings. The average Bonchev–Trinajstić information content (AvgIpc) is 3.24. The van der Waals surface area contributed by atoms with Gasteiger partial charge < -0.3 is 14.5 Å². The topological polar surface area (TPSA) is 67.7 Å². The van der Waals surface area contributed by atoms with Crippen molar-refractivity contribution in [1.82, 2.24) is 19.6 Å². The molecule has 0 atom stereocenters. The largest absolute Gasteiger partial charge is 0.370 e. The second-order valence-electron chi connectivity index (χ2n) is 7.55. The van der Waals surface area contributed by atoms with Crippen molar-refractivity contribution in [3.63, 3.8) is 0 Å². The van der Waals surface area contributed by atoms with Gasteiger partial charge in [0, 0.05) is 57.8 Å². The molecule has 1 spiro atoms. The van der Waals surface area contributed by atoms with E-state index in [1.54, 1.807) is 6.92 Å². The summed E-state index contributed by atoms with van der Waals surface area (Å²) in [6.45, 7) is 5.20. The van der Waals surface area contributed by atoms with Crippen LogP contribution in [0.3, 0.4) is 0 Å². The van der Waals surface area contributed by atoms with Crippen LogP contribution in [0.5, 0.6) is 0 Å². The third-order valence-electron chi connectivity index (χ3n) is 6.00. The monoisotopic (exact) mass is 346 g/mol. The predicted molar refractivity (Wildman–Crippen MR) is 91.1 cm³/mol. The number of nitrogens with zero attached hydrogens (tertiary/aromatic N) is 4. The summed E-state index contributed by atoms with van der Waals surface area (Å²) in [5, 5.41) is 4.54. The molecule has 136 valence electrons. The first-order valence-corrected chi connectivity index (χ1v) is 9.23. The molecule has 0 aromatic carbocycles. The highest BCUT2D eigenvalue weighted by Crippen LogP contribution is 2.37. The number of rotatable bonds is 1. The Kier molecular flexibility index (Phi) is 4.06. The molecular weight excluding hydrogens is 320 g/mol. The Balaban J connectivity index is 1.54. The van der Waals surface area contributed by atoms with Crippen molar-refractivity contribution in [1.29, 1.82) is 0 Å². The summed E-state index contributed by atoms with van der Waals surface area (Å²) in [5.74, 6) is 0.172. The molecule has 2 amide bonds. The number of carbonyl (C=O) groups is 2. The third-order valence-corrected chi connectivity index (χ3v) is 6.00. The van der Waals surface area contributed by atoms with E-state index in [0.29, 0.717) is 12.3 Å². The van der Waals surface area contributed by atoms with Crippen LogP contribution in [0.1, 0.15) is 54.4 Å². The lowest BCUT2D eigenvalue weighted by Gasteiger charge is -2.43. The molecule has 0 bridgehead atoms. The fourth-order valence-electron chi connectivity index (χ4n) is 4.35. The van der Waals surface area contributed by atoms with Crippen molar-refractivity contribution in [3.05, 3.63) is 17.0 Å². The molecule has 4 heterocycles. The van der Waals surface area contributed by atoms with Gasteiger partial charge >= 0.3 is 0 Å². The molecule has 2 saturated heterocycles. The zero-order chi connectivity index (χ0) is 17.6.